The molecule has 0 bridgehead atoms. The van der Waals surface area contributed by atoms with Crippen LogP contribution < -0.4 is 10.6 Å². The van der Waals surface area contributed by atoms with E-state index in [-0.39, 0.29) is 24.0 Å². The van der Waals surface area contributed by atoms with Crippen LogP contribution in [-0.4, -0.2) is 92.0 Å². The first-order valence-corrected chi connectivity index (χ1v) is 12.5. The number of benzene rings is 1. The fourth-order valence-corrected chi connectivity index (χ4v) is 5.03. The smallest absolute Gasteiger partial charge is 0.225 e. The van der Waals surface area contributed by atoms with Gasteiger partial charge in [0.05, 0.1) is 0 Å². The van der Waals surface area contributed by atoms with Crippen LogP contribution in [0.2, 0.25) is 0 Å². The zero-order valence-electron chi connectivity index (χ0n) is 20.0. The van der Waals surface area contributed by atoms with E-state index >= 15 is 0 Å². The molecule has 3 aliphatic rings. The van der Waals surface area contributed by atoms with E-state index in [1.165, 1.54) is 31.4 Å². The summed E-state index contributed by atoms with van der Waals surface area (Å²) < 4.78 is 0. The predicted molar refractivity (Wildman–Crippen MR) is 145 cm³/mol. The molecule has 1 aromatic carbocycles. The number of hydrogen-bond donors (Lipinski definition) is 2. The van der Waals surface area contributed by atoms with E-state index in [0.717, 1.165) is 71.2 Å². The van der Waals surface area contributed by atoms with Crippen LogP contribution in [-0.2, 0) is 11.3 Å². The highest BCUT2D eigenvalue weighted by atomic mass is 127. The summed E-state index contributed by atoms with van der Waals surface area (Å²) in [5.74, 6) is 1.60. The minimum atomic E-state index is 0. The molecular formula is C25H41IN6O. The number of carbonyl (C=O) groups excluding carboxylic acids is 1. The molecule has 2 heterocycles. The number of carbonyl (C=O) groups is 1. The Balaban J connectivity index is 0.00000306. The molecule has 1 atom stereocenters. The van der Waals surface area contributed by atoms with Crippen LogP contribution in [0.5, 0.6) is 0 Å². The van der Waals surface area contributed by atoms with Crippen LogP contribution in [0.4, 0.5) is 0 Å². The lowest BCUT2D eigenvalue weighted by Crippen LogP contribution is -2.52. The largest absolute Gasteiger partial charge is 0.355 e. The highest BCUT2D eigenvalue weighted by Crippen LogP contribution is 2.28. The number of halogens is 1. The maximum Gasteiger partial charge on any atom is 0.225 e. The quantitative estimate of drug-likeness (QED) is 0.287. The topological polar surface area (TPSA) is 63.2 Å². The van der Waals surface area contributed by atoms with Gasteiger partial charge in [-0.15, -0.1) is 24.0 Å². The Labute approximate surface area is 216 Å². The molecule has 33 heavy (non-hydrogen) atoms. The second kappa shape index (κ2) is 13.5. The number of amides is 1. The molecule has 2 saturated heterocycles. The van der Waals surface area contributed by atoms with Crippen molar-refractivity contribution in [2.24, 2.45) is 10.9 Å². The number of guanidine groups is 1. The van der Waals surface area contributed by atoms with Crippen LogP contribution in [0.3, 0.4) is 0 Å². The lowest BCUT2D eigenvalue weighted by molar-refractivity contribution is -0.139. The van der Waals surface area contributed by atoms with Crippen molar-refractivity contribution in [2.75, 3.05) is 59.4 Å². The van der Waals surface area contributed by atoms with Crippen molar-refractivity contribution in [3.05, 3.63) is 35.9 Å². The first-order chi connectivity index (χ1) is 15.7. The third-order valence-electron chi connectivity index (χ3n) is 7.32. The minimum absolute atomic E-state index is 0. The molecule has 0 radical (unpaired) electrons. The van der Waals surface area contributed by atoms with E-state index in [1.807, 2.05) is 7.05 Å². The standard InChI is InChI=1S/C25H40N6O.HI/c1-26-25(28-19-23-11-6-13-31(23)20-21-7-3-2-4-8-21)27-12-14-29-15-17-30(18-16-29)24(32)22-9-5-10-22;/h2-4,7-8,22-23H,5-6,9-20H2,1H3,(H2,26,27,28);1H. The van der Waals surface area contributed by atoms with E-state index in [1.54, 1.807) is 0 Å². The Morgan fingerprint density at radius 3 is 2.42 bits per heavy atom. The maximum absolute atomic E-state index is 12.4. The third kappa shape index (κ3) is 7.55. The van der Waals surface area contributed by atoms with Gasteiger partial charge in [-0.1, -0.05) is 36.8 Å². The Hall–Kier alpha value is -1.39. The summed E-state index contributed by atoms with van der Waals surface area (Å²) in [5, 5.41) is 7.01. The van der Waals surface area contributed by atoms with E-state index < -0.39 is 0 Å². The van der Waals surface area contributed by atoms with Crippen molar-refractivity contribution in [1.82, 2.24) is 25.3 Å². The Kier molecular flexibility index (Phi) is 10.7. The van der Waals surface area contributed by atoms with Crippen LogP contribution in [0.25, 0.3) is 0 Å². The lowest BCUT2D eigenvalue weighted by atomic mass is 9.84. The molecule has 8 heteroatoms. The van der Waals surface area contributed by atoms with Crippen molar-refractivity contribution in [2.45, 2.75) is 44.7 Å². The minimum Gasteiger partial charge on any atom is -0.355 e. The summed E-state index contributed by atoms with van der Waals surface area (Å²) in [5.41, 5.74) is 1.39. The van der Waals surface area contributed by atoms with Gasteiger partial charge in [0.25, 0.3) is 0 Å². The third-order valence-corrected chi connectivity index (χ3v) is 7.32. The number of rotatable bonds is 8. The molecule has 1 unspecified atom stereocenters. The summed E-state index contributed by atoms with van der Waals surface area (Å²) >= 11 is 0. The summed E-state index contributed by atoms with van der Waals surface area (Å²) in [6.07, 6.45) is 5.92. The molecule has 7 nitrogen and oxygen atoms in total. The van der Waals surface area contributed by atoms with Gasteiger partial charge in [0.15, 0.2) is 5.96 Å². The van der Waals surface area contributed by atoms with Crippen molar-refractivity contribution >= 4 is 35.8 Å². The molecule has 0 aromatic heterocycles. The Morgan fingerprint density at radius 2 is 1.76 bits per heavy atom. The average molecular weight is 569 g/mol. The fourth-order valence-electron chi connectivity index (χ4n) is 5.03. The summed E-state index contributed by atoms with van der Waals surface area (Å²) in [7, 11) is 1.84. The molecule has 0 spiro atoms. The highest BCUT2D eigenvalue weighted by molar-refractivity contribution is 14.0. The molecule has 1 saturated carbocycles. The number of likely N-dealkylation sites (tertiary alicyclic amines) is 1. The van der Waals surface area contributed by atoms with Gasteiger partial charge < -0.3 is 15.5 Å². The van der Waals surface area contributed by atoms with E-state index in [2.05, 4.69) is 60.7 Å². The van der Waals surface area contributed by atoms with E-state index in [9.17, 15) is 4.79 Å². The van der Waals surface area contributed by atoms with Gasteiger partial charge in [-0.05, 0) is 37.8 Å². The zero-order valence-corrected chi connectivity index (χ0v) is 22.4. The molecule has 3 fully saturated rings. The monoisotopic (exact) mass is 568 g/mol. The Morgan fingerprint density at radius 1 is 1.00 bits per heavy atom. The zero-order chi connectivity index (χ0) is 22.2. The lowest BCUT2D eigenvalue weighted by Gasteiger charge is -2.38. The number of piperazine rings is 1. The normalized spacial score (nSPS) is 22.5. The van der Waals surface area contributed by atoms with Gasteiger partial charge in [0, 0.05) is 71.4 Å². The first-order valence-electron chi connectivity index (χ1n) is 12.5. The number of aliphatic imine (C=N–C) groups is 1. The van der Waals surface area contributed by atoms with Gasteiger partial charge in [-0.25, -0.2) is 0 Å². The average Bonchev–Trinajstić information content (AvgIpc) is 3.23. The second-order valence-electron chi connectivity index (χ2n) is 9.43. The van der Waals surface area contributed by atoms with E-state index in [4.69, 9.17) is 0 Å². The summed E-state index contributed by atoms with van der Waals surface area (Å²) in [6.45, 7) is 8.67. The number of hydrogen-bond acceptors (Lipinski definition) is 4. The SMILES string of the molecule is CN=C(NCCN1CCN(C(=O)C2CCC2)CC1)NCC1CCCN1Cc1ccccc1.I. The van der Waals surface area contributed by atoms with Crippen molar-refractivity contribution < 1.29 is 4.79 Å². The maximum atomic E-state index is 12.4. The van der Waals surface area contributed by atoms with Crippen LogP contribution in [0, 0.1) is 5.92 Å². The van der Waals surface area contributed by atoms with Crippen LogP contribution >= 0.6 is 24.0 Å². The van der Waals surface area contributed by atoms with Gasteiger partial charge >= 0.3 is 0 Å². The number of nitrogens with one attached hydrogen (secondary N) is 2. The van der Waals surface area contributed by atoms with E-state index in [0.29, 0.717) is 17.9 Å². The highest BCUT2D eigenvalue weighted by Gasteiger charge is 2.31. The van der Waals surface area contributed by atoms with Crippen molar-refractivity contribution in [3.8, 4) is 0 Å². The van der Waals surface area contributed by atoms with Gasteiger partial charge in [-0.2, -0.15) is 0 Å². The predicted octanol–water partition coefficient (Wildman–Crippen LogP) is 2.38. The molecule has 2 aliphatic heterocycles. The summed E-state index contributed by atoms with van der Waals surface area (Å²) in [4.78, 5) is 23.9. The molecule has 1 aromatic rings. The molecule has 1 aliphatic carbocycles. The van der Waals surface area contributed by atoms with Gasteiger partial charge in [-0.3, -0.25) is 19.6 Å². The first kappa shape index (κ1) is 26.2. The van der Waals surface area contributed by atoms with Gasteiger partial charge in [0.1, 0.15) is 0 Å². The fraction of sp³-hybridized carbons (Fsp3) is 0.680. The molecular weight excluding hydrogens is 527 g/mol. The molecule has 2 N–H and O–H groups in total. The van der Waals surface area contributed by atoms with Crippen LogP contribution in [0.1, 0.15) is 37.7 Å². The second-order valence-corrected chi connectivity index (χ2v) is 9.43. The van der Waals surface area contributed by atoms with Gasteiger partial charge in [0.2, 0.25) is 5.91 Å². The van der Waals surface area contributed by atoms with Crippen molar-refractivity contribution in [3.63, 3.8) is 0 Å². The molecule has 1 amide bonds. The molecule has 4 rings (SSSR count). The summed E-state index contributed by atoms with van der Waals surface area (Å²) in [6, 6.07) is 11.3. The number of nitrogens with zero attached hydrogens (tertiary/aromatic N) is 4. The molecule has 184 valence electrons. The van der Waals surface area contributed by atoms with Crippen molar-refractivity contribution in [1.29, 1.82) is 0 Å². The van der Waals surface area contributed by atoms with Crippen LogP contribution in [0.15, 0.2) is 35.3 Å². The Bertz CT molecular complexity index is 749.